The maximum absolute atomic E-state index is 14.8. The minimum absolute atomic E-state index is 0.0550. The number of para-hydroxylation sites is 1. The van der Waals surface area contributed by atoms with Crippen LogP contribution in [0.1, 0.15) is 36.8 Å². The number of allylic oxidation sites excluding steroid dienone is 2. The van der Waals surface area contributed by atoms with Crippen molar-refractivity contribution in [1.82, 2.24) is 14.7 Å². The molecule has 0 radical (unpaired) electrons. The highest BCUT2D eigenvalue weighted by Crippen LogP contribution is 2.64. The SMILES string of the molecule is Cc1c(-c2cc(N3C(=O)[C@@H]4C[C@@H]5C(=CC[C@@H]6C(=O)N(C(N)=O)C(=O)[C@@H]65)[C@H](c5ccccc5O)[C@]4(C)C3=O)n(C)n2)sc2ccc(Cl)cc12. The molecule has 11 nitrogen and oxygen atoms in total. The van der Waals surface area contributed by atoms with Gasteiger partial charge in [0.1, 0.15) is 17.3 Å². The number of hydrogen-bond donors (Lipinski definition) is 2. The number of aryl methyl sites for hydroxylation is 2. The highest BCUT2D eigenvalue weighted by molar-refractivity contribution is 7.22. The number of benzene rings is 2. The van der Waals surface area contributed by atoms with Crippen molar-refractivity contribution in [2.24, 2.45) is 41.9 Å². The van der Waals surface area contributed by atoms with Crippen LogP contribution >= 0.6 is 22.9 Å². The fourth-order valence-corrected chi connectivity index (χ4v) is 10.1. The number of nitrogens with two attached hydrogens (primary N) is 1. The maximum Gasteiger partial charge on any atom is 0.328 e. The number of imide groups is 4. The first-order valence-corrected chi connectivity index (χ1v) is 16.8. The van der Waals surface area contributed by atoms with Crippen LogP contribution in [0.4, 0.5) is 10.6 Å². The Bertz CT molecular complexity index is 2190. The van der Waals surface area contributed by atoms with Gasteiger partial charge in [0.2, 0.25) is 23.6 Å². The molecule has 0 unspecified atom stereocenters. The third-order valence-electron chi connectivity index (χ3n) is 11.0. The van der Waals surface area contributed by atoms with Crippen LogP contribution in [0, 0.1) is 36.0 Å². The highest BCUT2D eigenvalue weighted by Gasteiger charge is 2.68. The number of fused-ring (bicyclic) bond motifs is 5. The largest absolute Gasteiger partial charge is 0.508 e. The second kappa shape index (κ2) is 10.3. The molecule has 2 aliphatic heterocycles. The van der Waals surface area contributed by atoms with E-state index in [0.29, 0.717) is 32.6 Å². The number of hydrogen-bond acceptors (Lipinski definition) is 8. The molecule has 4 aromatic rings. The molecule has 2 aromatic carbocycles. The van der Waals surface area contributed by atoms with Crippen LogP contribution in [-0.2, 0) is 26.2 Å². The van der Waals surface area contributed by atoms with E-state index in [1.807, 2.05) is 31.2 Å². The van der Waals surface area contributed by atoms with Crippen LogP contribution in [-0.4, -0.2) is 49.4 Å². The predicted octanol–water partition coefficient (Wildman–Crippen LogP) is 5.28. The van der Waals surface area contributed by atoms with Crippen LogP contribution in [0.15, 0.2) is 60.2 Å². The van der Waals surface area contributed by atoms with E-state index < -0.39 is 64.7 Å². The van der Waals surface area contributed by atoms with Crippen molar-refractivity contribution in [3.8, 4) is 16.3 Å². The maximum atomic E-state index is 14.8. The topological polar surface area (TPSA) is 156 Å². The van der Waals surface area contributed by atoms with Crippen molar-refractivity contribution in [1.29, 1.82) is 0 Å². The summed E-state index contributed by atoms with van der Waals surface area (Å²) in [4.78, 5) is 70.9. The van der Waals surface area contributed by atoms with Crippen LogP contribution in [0.2, 0.25) is 5.02 Å². The lowest BCUT2D eigenvalue weighted by molar-refractivity contribution is -0.136. The van der Waals surface area contributed by atoms with Crippen molar-refractivity contribution in [2.75, 3.05) is 4.90 Å². The Morgan fingerprint density at radius 2 is 1.81 bits per heavy atom. The van der Waals surface area contributed by atoms with Crippen LogP contribution in [0.3, 0.4) is 0 Å². The van der Waals surface area contributed by atoms with Gasteiger partial charge in [-0.05, 0) is 67.8 Å². The highest BCUT2D eigenvalue weighted by atomic mass is 35.5. The van der Waals surface area contributed by atoms with Crippen molar-refractivity contribution in [3.05, 3.63) is 76.3 Å². The summed E-state index contributed by atoms with van der Waals surface area (Å²) < 4.78 is 2.55. The molecule has 13 heteroatoms. The number of nitrogens with zero attached hydrogens (tertiary/aromatic N) is 4. The number of primary amides is 1. The fourth-order valence-electron chi connectivity index (χ4n) is 8.74. The molecule has 2 aromatic heterocycles. The quantitative estimate of drug-likeness (QED) is 0.220. The summed E-state index contributed by atoms with van der Waals surface area (Å²) in [5.74, 6) is -6.10. The molecule has 0 bridgehead atoms. The summed E-state index contributed by atoms with van der Waals surface area (Å²) in [7, 11) is 1.68. The van der Waals surface area contributed by atoms with Gasteiger partial charge in [0.25, 0.3) is 0 Å². The summed E-state index contributed by atoms with van der Waals surface area (Å²) in [6.07, 6.45) is 2.10. The number of aromatic hydroxyl groups is 1. The van der Waals surface area contributed by atoms with Crippen molar-refractivity contribution >= 4 is 68.5 Å². The molecule has 1 saturated carbocycles. The van der Waals surface area contributed by atoms with Crippen molar-refractivity contribution < 1.29 is 29.1 Å². The smallest absolute Gasteiger partial charge is 0.328 e. The third kappa shape index (κ3) is 3.93. The number of phenols is 1. The van der Waals surface area contributed by atoms with Crippen LogP contribution in [0.5, 0.6) is 5.75 Å². The fraction of sp³-hybridized carbons (Fsp3) is 0.314. The van der Waals surface area contributed by atoms with Gasteiger partial charge >= 0.3 is 6.03 Å². The van der Waals surface area contributed by atoms with Crippen LogP contribution < -0.4 is 10.6 Å². The lowest BCUT2D eigenvalue weighted by atomic mass is 9.51. The van der Waals surface area contributed by atoms with E-state index in [4.69, 9.17) is 22.4 Å². The minimum Gasteiger partial charge on any atom is -0.508 e. The molecule has 2 saturated heterocycles. The number of likely N-dealkylation sites (tertiary alicyclic amines) is 1. The summed E-state index contributed by atoms with van der Waals surface area (Å²) in [6, 6.07) is 12.9. The number of phenolic OH excluding ortho intramolecular Hbond substituents is 1. The molecule has 0 spiro atoms. The summed E-state index contributed by atoms with van der Waals surface area (Å²) in [6.45, 7) is 3.72. The zero-order chi connectivity index (χ0) is 34.0. The number of halogens is 1. The van der Waals surface area contributed by atoms with E-state index >= 15 is 0 Å². The zero-order valence-corrected chi connectivity index (χ0v) is 27.7. The molecule has 6 atom stereocenters. The number of amides is 6. The molecule has 6 amide bonds. The molecular weight excluding hydrogens is 654 g/mol. The van der Waals surface area contributed by atoms with E-state index in [-0.39, 0.29) is 18.6 Å². The van der Waals surface area contributed by atoms with E-state index in [2.05, 4.69) is 0 Å². The average Bonchev–Trinajstić information content (AvgIpc) is 3.71. The number of urea groups is 1. The van der Waals surface area contributed by atoms with Gasteiger partial charge in [0, 0.05) is 34.3 Å². The van der Waals surface area contributed by atoms with Crippen molar-refractivity contribution in [2.45, 2.75) is 32.6 Å². The normalized spacial score (nSPS) is 28.2. The van der Waals surface area contributed by atoms with Crippen LogP contribution in [0.25, 0.3) is 20.7 Å². The van der Waals surface area contributed by atoms with Gasteiger partial charge in [-0.25, -0.2) is 9.69 Å². The lowest BCUT2D eigenvalue weighted by Gasteiger charge is -2.49. The summed E-state index contributed by atoms with van der Waals surface area (Å²) in [5, 5.41) is 17.5. The predicted molar refractivity (Wildman–Crippen MR) is 178 cm³/mol. The van der Waals surface area contributed by atoms with Gasteiger partial charge in [0.05, 0.1) is 28.0 Å². The Morgan fingerprint density at radius 3 is 2.54 bits per heavy atom. The Balaban J connectivity index is 1.25. The van der Waals surface area contributed by atoms with E-state index in [0.717, 1.165) is 20.5 Å². The molecule has 3 fully saturated rings. The number of aromatic nitrogens is 2. The Labute approximate surface area is 283 Å². The molecule has 8 rings (SSSR count). The van der Waals surface area contributed by atoms with Crippen molar-refractivity contribution in [3.63, 3.8) is 0 Å². The molecule has 48 heavy (non-hydrogen) atoms. The number of thiophene rings is 1. The summed E-state index contributed by atoms with van der Waals surface area (Å²) >= 11 is 7.81. The molecule has 4 heterocycles. The molecular formula is C35H30ClN5O6S. The molecule has 3 N–H and O–H groups in total. The van der Waals surface area contributed by atoms with Gasteiger partial charge in [0.15, 0.2) is 0 Å². The number of rotatable bonds is 3. The number of carbonyl (C=O) groups excluding carboxylic acids is 5. The summed E-state index contributed by atoms with van der Waals surface area (Å²) in [5.41, 5.74) is 6.80. The van der Waals surface area contributed by atoms with Gasteiger partial charge in [-0.15, -0.1) is 11.3 Å². The van der Waals surface area contributed by atoms with E-state index in [1.165, 1.54) is 15.6 Å². The Hall–Kier alpha value is -4.81. The monoisotopic (exact) mass is 683 g/mol. The van der Waals surface area contributed by atoms with Gasteiger partial charge in [-0.2, -0.15) is 10.00 Å². The first-order chi connectivity index (χ1) is 22.8. The second-order valence-electron chi connectivity index (χ2n) is 13.3. The Kier molecular flexibility index (Phi) is 6.58. The number of carbonyl (C=O) groups is 5. The second-order valence-corrected chi connectivity index (χ2v) is 14.8. The standard InChI is InChI=1S/C35H30ClN5O6S/c1-15-20-12-16(36)8-11-25(20)48-29(15)23-14-26(39(3)38-23)40-31(44)22-13-21-17(9-10-19-27(21)32(45)41(30(19)43)34(37)47)28(35(22,2)33(40)46)18-6-4-5-7-24(18)42/h4-9,11-12,14,19,21-22,27-28,42H,10,13H2,1-3H3,(H2,37,47)/t19-,21+,22-,27-,28+,35+/m0/s1. The first-order valence-electron chi connectivity index (χ1n) is 15.6. The first kappa shape index (κ1) is 30.5. The minimum atomic E-state index is -1.35. The van der Waals surface area contributed by atoms with Gasteiger partial charge in [-0.1, -0.05) is 41.4 Å². The number of anilines is 1. The van der Waals surface area contributed by atoms with E-state index in [1.54, 1.807) is 49.6 Å². The van der Waals surface area contributed by atoms with Gasteiger partial charge in [-0.3, -0.25) is 23.9 Å². The zero-order valence-electron chi connectivity index (χ0n) is 26.1. The molecule has 4 aliphatic rings. The lowest BCUT2D eigenvalue weighted by Crippen LogP contribution is -2.49. The molecule has 244 valence electrons. The average molecular weight is 684 g/mol. The Morgan fingerprint density at radius 1 is 1.06 bits per heavy atom. The van der Waals surface area contributed by atoms with Gasteiger partial charge < -0.3 is 10.8 Å². The van der Waals surface area contributed by atoms with E-state index in [9.17, 15) is 29.1 Å². The molecule has 2 aliphatic carbocycles. The third-order valence-corrected chi connectivity index (χ3v) is 12.5.